The molecule has 26 heavy (non-hydrogen) atoms. The molecule has 0 bridgehead atoms. The van der Waals surface area contributed by atoms with E-state index in [9.17, 15) is 4.79 Å². The van der Waals surface area contributed by atoms with Gasteiger partial charge in [0.15, 0.2) is 0 Å². The van der Waals surface area contributed by atoms with E-state index in [2.05, 4.69) is 32.3 Å². The van der Waals surface area contributed by atoms with Crippen LogP contribution in [0.5, 0.6) is 0 Å². The molecule has 4 aromatic rings. The highest BCUT2D eigenvalue weighted by atomic mass is 79.9. The summed E-state index contributed by atoms with van der Waals surface area (Å²) in [7, 11) is 1.88. The lowest BCUT2D eigenvalue weighted by atomic mass is 10.1. The maximum atomic E-state index is 12.9. The van der Waals surface area contributed by atoms with Gasteiger partial charge in [0, 0.05) is 45.7 Å². The Kier molecular flexibility index (Phi) is 3.98. The number of halogens is 2. The van der Waals surface area contributed by atoms with E-state index in [0.29, 0.717) is 21.8 Å². The smallest absolute Gasteiger partial charge is 0.257 e. The quantitative estimate of drug-likeness (QED) is 0.461. The summed E-state index contributed by atoms with van der Waals surface area (Å²) in [5.74, 6) is -0.239. The first-order chi connectivity index (χ1) is 12.5. The Morgan fingerprint density at radius 3 is 2.88 bits per heavy atom. The molecule has 0 aliphatic carbocycles. The number of H-pyrrole nitrogens is 1. The Morgan fingerprint density at radius 1 is 1.31 bits per heavy atom. The van der Waals surface area contributed by atoms with Gasteiger partial charge in [-0.2, -0.15) is 5.26 Å². The first-order valence-corrected chi connectivity index (χ1v) is 8.91. The molecule has 0 aliphatic heterocycles. The number of rotatable bonds is 2. The molecule has 2 N–H and O–H groups in total. The van der Waals surface area contributed by atoms with Crippen molar-refractivity contribution in [2.75, 3.05) is 5.32 Å². The molecule has 2 aromatic heterocycles. The van der Waals surface area contributed by atoms with E-state index in [4.69, 9.17) is 16.9 Å². The zero-order valence-electron chi connectivity index (χ0n) is 13.6. The van der Waals surface area contributed by atoms with Crippen molar-refractivity contribution in [1.82, 2.24) is 9.55 Å². The molecule has 4 rings (SSSR count). The van der Waals surface area contributed by atoms with E-state index >= 15 is 0 Å². The second kappa shape index (κ2) is 6.20. The van der Waals surface area contributed by atoms with E-state index in [0.717, 1.165) is 26.3 Å². The molecule has 0 saturated carbocycles. The van der Waals surface area contributed by atoms with Crippen molar-refractivity contribution in [3.63, 3.8) is 0 Å². The number of aromatic amines is 1. The minimum atomic E-state index is -0.239. The molecule has 0 spiro atoms. The Bertz CT molecular complexity index is 1230. The van der Waals surface area contributed by atoms with Crippen molar-refractivity contribution in [3.8, 4) is 6.07 Å². The standard InChI is InChI=1S/C19H12BrClN4O/c1-25-9-13(11-5-15(21)14(20)6-18(11)25)19(26)24-17-8-23-16-3-2-10(7-22)4-12(16)17/h2-6,8-9,23H,1H3,(H,24,26). The summed E-state index contributed by atoms with van der Waals surface area (Å²) in [5, 5.41) is 14.1. The summed E-state index contributed by atoms with van der Waals surface area (Å²) in [5.41, 5.74) is 3.45. The predicted octanol–water partition coefficient (Wildman–Crippen LogP) is 5.20. The van der Waals surface area contributed by atoms with Gasteiger partial charge in [-0.15, -0.1) is 0 Å². The van der Waals surface area contributed by atoms with Gasteiger partial charge in [0.05, 0.1) is 27.9 Å². The largest absolute Gasteiger partial charge is 0.359 e. The maximum absolute atomic E-state index is 12.9. The van der Waals surface area contributed by atoms with E-state index in [-0.39, 0.29) is 5.91 Å². The first-order valence-electron chi connectivity index (χ1n) is 7.74. The van der Waals surface area contributed by atoms with Crippen molar-refractivity contribution in [2.24, 2.45) is 7.05 Å². The zero-order valence-corrected chi connectivity index (χ0v) is 15.9. The molecule has 0 radical (unpaired) electrons. The van der Waals surface area contributed by atoms with Gasteiger partial charge in [0.25, 0.3) is 5.91 Å². The number of nitrogens with zero attached hydrogens (tertiary/aromatic N) is 2. The molecule has 1 amide bonds. The third-order valence-corrected chi connectivity index (χ3v) is 5.53. The molecule has 0 unspecified atom stereocenters. The minimum absolute atomic E-state index is 0.239. The zero-order chi connectivity index (χ0) is 18.4. The average molecular weight is 428 g/mol. The number of nitrogens with one attached hydrogen (secondary N) is 2. The second-order valence-electron chi connectivity index (χ2n) is 5.97. The third-order valence-electron chi connectivity index (χ3n) is 4.34. The molecule has 2 heterocycles. The van der Waals surface area contributed by atoms with Crippen LogP contribution in [-0.2, 0) is 7.05 Å². The number of carbonyl (C=O) groups is 1. The second-order valence-corrected chi connectivity index (χ2v) is 7.23. The fourth-order valence-electron chi connectivity index (χ4n) is 3.04. The van der Waals surface area contributed by atoms with Gasteiger partial charge in [0.2, 0.25) is 0 Å². The fraction of sp³-hybridized carbons (Fsp3) is 0.0526. The summed E-state index contributed by atoms with van der Waals surface area (Å²) in [4.78, 5) is 16.0. The minimum Gasteiger partial charge on any atom is -0.359 e. The number of aryl methyl sites for hydroxylation is 1. The van der Waals surface area contributed by atoms with Crippen LogP contribution in [0, 0.1) is 11.3 Å². The molecule has 0 aliphatic rings. The highest BCUT2D eigenvalue weighted by Gasteiger charge is 2.17. The van der Waals surface area contributed by atoms with Gasteiger partial charge < -0.3 is 14.9 Å². The number of carbonyl (C=O) groups excluding carboxylic acids is 1. The van der Waals surface area contributed by atoms with Crippen LogP contribution >= 0.6 is 27.5 Å². The van der Waals surface area contributed by atoms with Crippen LogP contribution in [0.25, 0.3) is 21.8 Å². The Morgan fingerprint density at radius 2 is 2.12 bits per heavy atom. The van der Waals surface area contributed by atoms with Crippen molar-refractivity contribution < 1.29 is 4.79 Å². The van der Waals surface area contributed by atoms with Gasteiger partial charge in [-0.1, -0.05) is 11.6 Å². The maximum Gasteiger partial charge on any atom is 0.257 e. The molecular formula is C19H12BrClN4O. The number of nitriles is 1. The molecule has 128 valence electrons. The van der Waals surface area contributed by atoms with Crippen LogP contribution in [0.1, 0.15) is 15.9 Å². The van der Waals surface area contributed by atoms with E-state index in [1.54, 1.807) is 30.6 Å². The third kappa shape index (κ3) is 2.66. The molecule has 0 fully saturated rings. The Balaban J connectivity index is 1.77. The van der Waals surface area contributed by atoms with Crippen LogP contribution in [0.3, 0.4) is 0 Å². The van der Waals surface area contributed by atoms with Crippen molar-refractivity contribution in [3.05, 3.63) is 63.3 Å². The summed E-state index contributed by atoms with van der Waals surface area (Å²) >= 11 is 9.61. The molecule has 2 aromatic carbocycles. The van der Waals surface area contributed by atoms with E-state index < -0.39 is 0 Å². The summed E-state index contributed by atoms with van der Waals surface area (Å²) < 4.78 is 2.66. The number of hydrogen-bond acceptors (Lipinski definition) is 2. The average Bonchev–Trinajstić information content (AvgIpc) is 3.17. The molecule has 7 heteroatoms. The molecular weight excluding hydrogens is 416 g/mol. The van der Waals surface area contributed by atoms with Crippen LogP contribution in [0.15, 0.2) is 47.2 Å². The van der Waals surface area contributed by atoms with Crippen LogP contribution in [0.4, 0.5) is 5.69 Å². The predicted molar refractivity (Wildman–Crippen MR) is 107 cm³/mol. The molecule has 5 nitrogen and oxygen atoms in total. The number of aromatic nitrogens is 2. The van der Waals surface area contributed by atoms with Gasteiger partial charge >= 0.3 is 0 Å². The van der Waals surface area contributed by atoms with E-state index in [1.807, 2.05) is 23.7 Å². The lowest BCUT2D eigenvalue weighted by Gasteiger charge is -2.04. The Labute approximate surface area is 162 Å². The monoisotopic (exact) mass is 426 g/mol. The molecule has 0 saturated heterocycles. The lowest BCUT2D eigenvalue weighted by molar-refractivity contribution is 0.102. The number of fused-ring (bicyclic) bond motifs is 2. The molecule has 0 atom stereocenters. The highest BCUT2D eigenvalue weighted by molar-refractivity contribution is 9.10. The highest BCUT2D eigenvalue weighted by Crippen LogP contribution is 2.32. The topological polar surface area (TPSA) is 73.6 Å². The van der Waals surface area contributed by atoms with Crippen molar-refractivity contribution >= 4 is 60.9 Å². The van der Waals surface area contributed by atoms with Crippen LogP contribution in [-0.4, -0.2) is 15.5 Å². The van der Waals surface area contributed by atoms with Gasteiger partial charge in [0.1, 0.15) is 0 Å². The van der Waals surface area contributed by atoms with Gasteiger partial charge in [-0.05, 0) is 46.3 Å². The lowest BCUT2D eigenvalue weighted by Crippen LogP contribution is -2.11. The number of amides is 1. The van der Waals surface area contributed by atoms with Crippen molar-refractivity contribution in [1.29, 1.82) is 5.26 Å². The number of hydrogen-bond donors (Lipinski definition) is 2. The SMILES string of the molecule is Cn1cc(C(=O)Nc2c[nH]c3ccc(C#N)cc23)c2cc(Cl)c(Br)cc21. The summed E-state index contributed by atoms with van der Waals surface area (Å²) in [6.07, 6.45) is 3.50. The summed E-state index contributed by atoms with van der Waals surface area (Å²) in [6.45, 7) is 0. The van der Waals surface area contributed by atoms with Gasteiger partial charge in [-0.25, -0.2) is 0 Å². The number of benzene rings is 2. The first kappa shape index (κ1) is 16.7. The summed E-state index contributed by atoms with van der Waals surface area (Å²) in [6, 6.07) is 11.1. The van der Waals surface area contributed by atoms with Crippen LogP contribution < -0.4 is 5.32 Å². The van der Waals surface area contributed by atoms with Crippen molar-refractivity contribution in [2.45, 2.75) is 0 Å². The van der Waals surface area contributed by atoms with Crippen LogP contribution in [0.2, 0.25) is 5.02 Å². The fourth-order valence-corrected chi connectivity index (χ4v) is 3.54. The van der Waals surface area contributed by atoms with Gasteiger partial charge in [-0.3, -0.25) is 4.79 Å². The normalized spacial score (nSPS) is 11.0. The van der Waals surface area contributed by atoms with E-state index in [1.165, 1.54) is 0 Å². The number of anilines is 1. The Hall–Kier alpha value is -2.75.